The van der Waals surface area contributed by atoms with Gasteiger partial charge in [-0.2, -0.15) is 4.31 Å². The van der Waals surface area contributed by atoms with Crippen molar-refractivity contribution in [2.24, 2.45) is 0 Å². The van der Waals surface area contributed by atoms with Crippen LogP contribution in [0.5, 0.6) is 5.75 Å². The average molecular weight is 446 g/mol. The summed E-state index contributed by atoms with van der Waals surface area (Å²) in [5.74, 6) is 0.531. The summed E-state index contributed by atoms with van der Waals surface area (Å²) in [4.78, 5) is 14.6. The van der Waals surface area contributed by atoms with E-state index in [1.807, 2.05) is 45.2 Å². The van der Waals surface area contributed by atoms with Crippen molar-refractivity contribution in [2.45, 2.75) is 25.6 Å². The zero-order chi connectivity index (χ0) is 22.4. The number of benzene rings is 2. The lowest BCUT2D eigenvalue weighted by Gasteiger charge is -2.31. The van der Waals surface area contributed by atoms with Gasteiger partial charge in [0.15, 0.2) is 0 Å². The van der Waals surface area contributed by atoms with Crippen molar-refractivity contribution in [3.8, 4) is 5.75 Å². The first-order valence-electron chi connectivity index (χ1n) is 10.5. The van der Waals surface area contributed by atoms with Crippen LogP contribution in [0.3, 0.4) is 0 Å². The topological polar surface area (TPSA) is 78.9 Å². The van der Waals surface area contributed by atoms with E-state index in [4.69, 9.17) is 4.74 Å². The van der Waals surface area contributed by atoms with Gasteiger partial charge in [-0.05, 0) is 50.2 Å². The summed E-state index contributed by atoms with van der Waals surface area (Å²) in [6.07, 6.45) is 0. The van der Waals surface area contributed by atoms with Crippen LogP contribution < -0.4 is 10.1 Å². The number of carbonyl (C=O) groups is 1. The molecular formula is C23H31N3O4S. The molecule has 0 saturated carbocycles. The van der Waals surface area contributed by atoms with E-state index in [1.165, 1.54) is 0 Å². The number of nitrogens with one attached hydrogen (secondary N) is 1. The van der Waals surface area contributed by atoms with Gasteiger partial charge in [0.05, 0.1) is 11.8 Å². The van der Waals surface area contributed by atoms with Crippen LogP contribution in [-0.4, -0.2) is 69.4 Å². The fourth-order valence-electron chi connectivity index (χ4n) is 3.40. The maximum atomic E-state index is 12.7. The first-order valence-corrected chi connectivity index (χ1v) is 12.1. The van der Waals surface area contributed by atoms with E-state index in [1.54, 1.807) is 28.6 Å². The average Bonchev–Trinajstić information content (AvgIpc) is 2.73. The molecule has 1 atom stereocenters. The molecule has 1 N–H and O–H groups in total. The van der Waals surface area contributed by atoms with Gasteiger partial charge >= 0.3 is 0 Å². The Kier molecular flexibility index (Phi) is 7.69. The van der Waals surface area contributed by atoms with Gasteiger partial charge in [0.2, 0.25) is 10.0 Å². The Balaban J connectivity index is 1.52. The summed E-state index contributed by atoms with van der Waals surface area (Å²) in [6, 6.07) is 14.3. The molecule has 0 spiro atoms. The molecule has 1 fully saturated rings. The van der Waals surface area contributed by atoms with Crippen molar-refractivity contribution < 1.29 is 17.9 Å². The highest BCUT2D eigenvalue weighted by Gasteiger charge is 2.25. The Morgan fingerprint density at radius 2 is 1.71 bits per heavy atom. The van der Waals surface area contributed by atoms with Crippen molar-refractivity contribution in [1.29, 1.82) is 0 Å². The third kappa shape index (κ3) is 6.53. The minimum absolute atomic E-state index is 0.0563. The third-order valence-electron chi connectivity index (χ3n) is 5.38. The summed E-state index contributed by atoms with van der Waals surface area (Å²) in [5, 5.41) is 2.91. The highest BCUT2D eigenvalue weighted by molar-refractivity contribution is 7.88. The molecule has 7 nitrogen and oxygen atoms in total. The maximum absolute atomic E-state index is 12.7. The van der Waals surface area contributed by atoms with Gasteiger partial charge in [-0.25, -0.2) is 8.42 Å². The molecule has 3 rings (SSSR count). The van der Waals surface area contributed by atoms with Crippen LogP contribution in [0.15, 0.2) is 48.5 Å². The quantitative estimate of drug-likeness (QED) is 0.674. The van der Waals surface area contributed by atoms with E-state index in [0.29, 0.717) is 30.8 Å². The van der Waals surface area contributed by atoms with Gasteiger partial charge in [0.25, 0.3) is 5.91 Å². The predicted octanol–water partition coefficient (Wildman–Crippen LogP) is 2.27. The predicted molar refractivity (Wildman–Crippen MR) is 122 cm³/mol. The molecule has 2 aromatic carbocycles. The molecule has 1 amide bonds. The highest BCUT2D eigenvalue weighted by Crippen LogP contribution is 2.17. The second-order valence-electron chi connectivity index (χ2n) is 8.11. The molecule has 0 bridgehead atoms. The summed E-state index contributed by atoms with van der Waals surface area (Å²) in [7, 11) is -1.37. The Morgan fingerprint density at radius 1 is 1.06 bits per heavy atom. The molecule has 2 aromatic rings. The number of likely N-dealkylation sites (N-methyl/N-ethyl adjacent to an activating group) is 1. The molecular weight excluding hydrogens is 414 g/mol. The summed E-state index contributed by atoms with van der Waals surface area (Å²) in [5.41, 5.74) is 2.21. The van der Waals surface area contributed by atoms with Crippen molar-refractivity contribution >= 4 is 15.9 Å². The summed E-state index contributed by atoms with van der Waals surface area (Å²) in [6.45, 7) is 6.73. The summed E-state index contributed by atoms with van der Waals surface area (Å²) >= 11 is 0. The van der Waals surface area contributed by atoms with Gasteiger partial charge in [0.1, 0.15) is 12.4 Å². The molecule has 8 heteroatoms. The number of carbonyl (C=O) groups excluding carboxylic acids is 1. The number of para-hydroxylation sites is 1. The molecule has 1 saturated heterocycles. The fraction of sp³-hybridized carbons (Fsp3) is 0.435. The van der Waals surface area contributed by atoms with E-state index in [9.17, 15) is 13.2 Å². The second-order valence-corrected chi connectivity index (χ2v) is 10.1. The van der Waals surface area contributed by atoms with E-state index < -0.39 is 10.0 Å². The molecule has 0 unspecified atom stereocenters. The minimum Gasteiger partial charge on any atom is -0.491 e. The van der Waals surface area contributed by atoms with E-state index in [-0.39, 0.29) is 17.7 Å². The SMILES string of the molecule is Cc1ccccc1OC[C@H](C)NC(=O)c1ccc(CS(=O)(=O)N2CCN(C)CC2)cc1. The highest BCUT2D eigenvalue weighted by atomic mass is 32.2. The first-order chi connectivity index (χ1) is 14.7. The Morgan fingerprint density at radius 3 is 2.35 bits per heavy atom. The molecule has 1 heterocycles. The van der Waals surface area contributed by atoms with Crippen molar-refractivity contribution in [3.05, 3.63) is 65.2 Å². The Labute approximate surface area is 185 Å². The van der Waals surface area contributed by atoms with Crippen LogP contribution in [0.1, 0.15) is 28.4 Å². The number of hydrogen-bond donors (Lipinski definition) is 1. The Bertz CT molecular complexity index is 984. The van der Waals surface area contributed by atoms with Gasteiger partial charge in [-0.1, -0.05) is 30.3 Å². The van der Waals surface area contributed by atoms with Crippen LogP contribution >= 0.6 is 0 Å². The van der Waals surface area contributed by atoms with E-state index in [2.05, 4.69) is 10.2 Å². The summed E-state index contributed by atoms with van der Waals surface area (Å²) < 4.78 is 32.6. The van der Waals surface area contributed by atoms with Crippen LogP contribution in [0, 0.1) is 6.92 Å². The van der Waals surface area contributed by atoms with Crippen molar-refractivity contribution in [1.82, 2.24) is 14.5 Å². The van der Waals surface area contributed by atoms with Gasteiger partial charge in [-0.15, -0.1) is 0 Å². The maximum Gasteiger partial charge on any atom is 0.251 e. The van der Waals surface area contributed by atoms with E-state index in [0.717, 1.165) is 24.4 Å². The van der Waals surface area contributed by atoms with Gasteiger partial charge in [-0.3, -0.25) is 4.79 Å². The van der Waals surface area contributed by atoms with E-state index >= 15 is 0 Å². The number of nitrogens with zero attached hydrogens (tertiary/aromatic N) is 2. The number of rotatable bonds is 8. The number of amides is 1. The van der Waals surface area contributed by atoms with Crippen LogP contribution in [0.4, 0.5) is 0 Å². The van der Waals surface area contributed by atoms with Gasteiger partial charge < -0.3 is 15.0 Å². The number of aryl methyl sites for hydroxylation is 1. The lowest BCUT2D eigenvalue weighted by Crippen LogP contribution is -2.47. The number of piperazine rings is 1. The normalized spacial score (nSPS) is 16.6. The lowest BCUT2D eigenvalue weighted by molar-refractivity contribution is 0.0926. The van der Waals surface area contributed by atoms with Crippen LogP contribution in [0.2, 0.25) is 0 Å². The molecule has 168 valence electrons. The number of hydrogen-bond acceptors (Lipinski definition) is 5. The minimum atomic E-state index is -3.36. The van der Waals surface area contributed by atoms with Crippen LogP contribution in [-0.2, 0) is 15.8 Å². The standard InChI is InChI=1S/C23H31N3O4S/c1-18-6-4-5-7-22(18)30-16-19(2)24-23(27)21-10-8-20(9-11-21)17-31(28,29)26-14-12-25(3)13-15-26/h4-11,19H,12-17H2,1-3H3,(H,24,27)/t19-/m0/s1. The largest absolute Gasteiger partial charge is 0.491 e. The van der Waals surface area contributed by atoms with Gasteiger partial charge in [0, 0.05) is 31.7 Å². The number of ether oxygens (including phenoxy) is 1. The Hall–Kier alpha value is -2.42. The third-order valence-corrected chi connectivity index (χ3v) is 7.23. The lowest BCUT2D eigenvalue weighted by atomic mass is 10.1. The number of sulfonamides is 1. The van der Waals surface area contributed by atoms with Crippen LogP contribution in [0.25, 0.3) is 0 Å². The zero-order valence-electron chi connectivity index (χ0n) is 18.4. The second kappa shape index (κ2) is 10.3. The zero-order valence-corrected chi connectivity index (χ0v) is 19.2. The molecule has 1 aliphatic heterocycles. The fourth-order valence-corrected chi connectivity index (χ4v) is 4.92. The monoisotopic (exact) mass is 445 g/mol. The van der Waals surface area contributed by atoms with Crippen molar-refractivity contribution in [3.63, 3.8) is 0 Å². The molecule has 31 heavy (non-hydrogen) atoms. The molecule has 0 aliphatic carbocycles. The first kappa shape index (κ1) is 23.2. The molecule has 0 radical (unpaired) electrons. The molecule has 1 aliphatic rings. The van der Waals surface area contributed by atoms with Crippen molar-refractivity contribution in [2.75, 3.05) is 39.8 Å². The molecule has 0 aromatic heterocycles. The smallest absolute Gasteiger partial charge is 0.251 e.